The molecule has 12 heavy (non-hydrogen) atoms. The van der Waals surface area contributed by atoms with Crippen LogP contribution in [0.5, 0.6) is 0 Å². The lowest BCUT2D eigenvalue weighted by Gasteiger charge is -1.99. The van der Waals surface area contributed by atoms with E-state index in [2.05, 4.69) is 22.6 Å². The number of rotatable bonds is 2. The minimum Gasteiger partial charge on any atom is -0.258 e. The molecular formula is C7H5ClINO2. The number of hydrogen-bond donors (Lipinski definition) is 0. The average Bonchev–Trinajstić information content (AvgIpc) is 2.04. The van der Waals surface area contributed by atoms with E-state index in [1.807, 2.05) is 0 Å². The average molecular weight is 297 g/mol. The van der Waals surface area contributed by atoms with E-state index in [9.17, 15) is 10.1 Å². The van der Waals surface area contributed by atoms with E-state index in [0.717, 1.165) is 5.56 Å². The van der Waals surface area contributed by atoms with Crippen molar-refractivity contribution in [3.05, 3.63) is 38.9 Å². The highest BCUT2D eigenvalue weighted by Crippen LogP contribution is 2.28. The second-order valence-corrected chi connectivity index (χ2v) is 3.28. The summed E-state index contributed by atoms with van der Waals surface area (Å²) in [4.78, 5) is 9.93. The van der Waals surface area contributed by atoms with E-state index < -0.39 is 4.92 Å². The number of halogens is 2. The Labute approximate surface area is 88.0 Å². The molecule has 0 aromatic heterocycles. The second-order valence-electron chi connectivity index (χ2n) is 2.14. The minimum absolute atomic E-state index is 0.0224. The van der Waals surface area contributed by atoms with Crippen molar-refractivity contribution in [3.63, 3.8) is 0 Å². The molecule has 64 valence electrons. The zero-order valence-electron chi connectivity index (χ0n) is 5.96. The Kier molecular flexibility index (Phi) is 3.28. The second kappa shape index (κ2) is 4.04. The lowest BCUT2D eigenvalue weighted by atomic mass is 10.2. The molecule has 1 aromatic carbocycles. The molecule has 1 rings (SSSR count). The Hall–Kier alpha value is -0.360. The number of nitro groups is 1. The van der Waals surface area contributed by atoms with Gasteiger partial charge in [-0.2, -0.15) is 0 Å². The van der Waals surface area contributed by atoms with Gasteiger partial charge < -0.3 is 0 Å². The van der Waals surface area contributed by atoms with Gasteiger partial charge in [0, 0.05) is 10.5 Å². The normalized spacial score (nSPS) is 9.83. The van der Waals surface area contributed by atoms with Crippen molar-refractivity contribution in [2.45, 2.75) is 4.43 Å². The standard InChI is InChI=1S/C7H5ClINO2/c8-7-5(4-9)2-1-3-6(7)10(11)12/h1-3H,4H2. The van der Waals surface area contributed by atoms with Crippen LogP contribution in [0.15, 0.2) is 18.2 Å². The maximum Gasteiger partial charge on any atom is 0.288 e. The van der Waals surface area contributed by atoms with E-state index >= 15 is 0 Å². The molecule has 0 N–H and O–H groups in total. The first kappa shape index (κ1) is 9.73. The van der Waals surface area contributed by atoms with Gasteiger partial charge in [-0.25, -0.2) is 0 Å². The topological polar surface area (TPSA) is 43.1 Å². The monoisotopic (exact) mass is 297 g/mol. The van der Waals surface area contributed by atoms with Crippen LogP contribution < -0.4 is 0 Å². The van der Waals surface area contributed by atoms with Crippen molar-refractivity contribution in [1.82, 2.24) is 0 Å². The maximum absolute atomic E-state index is 10.4. The Morgan fingerprint density at radius 2 is 2.25 bits per heavy atom. The van der Waals surface area contributed by atoms with Crippen molar-refractivity contribution >= 4 is 39.9 Å². The molecule has 0 saturated carbocycles. The molecule has 0 fully saturated rings. The minimum atomic E-state index is -0.474. The largest absolute Gasteiger partial charge is 0.288 e. The van der Waals surface area contributed by atoms with Gasteiger partial charge in [0.25, 0.3) is 5.69 Å². The summed E-state index contributed by atoms with van der Waals surface area (Å²) in [6.07, 6.45) is 0. The summed E-state index contributed by atoms with van der Waals surface area (Å²) in [5.41, 5.74) is 0.775. The van der Waals surface area contributed by atoms with Crippen molar-refractivity contribution in [1.29, 1.82) is 0 Å². The lowest BCUT2D eigenvalue weighted by molar-refractivity contribution is -0.384. The Balaban J connectivity index is 3.23. The fourth-order valence-corrected chi connectivity index (χ4v) is 1.93. The zero-order valence-corrected chi connectivity index (χ0v) is 8.87. The van der Waals surface area contributed by atoms with Crippen molar-refractivity contribution in [2.75, 3.05) is 0 Å². The van der Waals surface area contributed by atoms with Crippen LogP contribution in [0.25, 0.3) is 0 Å². The number of alkyl halides is 1. The third-order valence-corrected chi connectivity index (χ3v) is 2.66. The van der Waals surface area contributed by atoms with E-state index in [1.165, 1.54) is 6.07 Å². The molecule has 0 saturated heterocycles. The summed E-state index contributed by atoms with van der Waals surface area (Å²) in [6, 6.07) is 4.82. The third-order valence-electron chi connectivity index (χ3n) is 1.40. The van der Waals surface area contributed by atoms with Crippen LogP contribution in [-0.2, 0) is 4.43 Å². The Morgan fingerprint density at radius 1 is 1.58 bits per heavy atom. The molecule has 0 aliphatic carbocycles. The smallest absolute Gasteiger partial charge is 0.258 e. The van der Waals surface area contributed by atoms with Crippen molar-refractivity contribution < 1.29 is 4.92 Å². The van der Waals surface area contributed by atoms with Crippen molar-refractivity contribution in [3.8, 4) is 0 Å². The van der Waals surface area contributed by atoms with Crippen LogP contribution in [-0.4, -0.2) is 4.92 Å². The third kappa shape index (κ3) is 1.87. The number of hydrogen-bond acceptors (Lipinski definition) is 2. The van der Waals surface area contributed by atoms with Gasteiger partial charge in [0.15, 0.2) is 0 Å². The summed E-state index contributed by atoms with van der Waals surface area (Å²) in [7, 11) is 0. The number of benzene rings is 1. The molecule has 5 heteroatoms. The Bertz CT molecular complexity index is 316. The maximum atomic E-state index is 10.4. The molecule has 0 aliphatic rings. The van der Waals surface area contributed by atoms with Crippen LogP contribution in [0.2, 0.25) is 5.02 Å². The van der Waals surface area contributed by atoms with E-state index in [1.54, 1.807) is 12.1 Å². The summed E-state index contributed by atoms with van der Waals surface area (Å²) >= 11 is 7.87. The predicted molar refractivity (Wildman–Crippen MR) is 55.8 cm³/mol. The molecule has 0 spiro atoms. The van der Waals surface area contributed by atoms with Gasteiger partial charge in [-0.15, -0.1) is 0 Å². The van der Waals surface area contributed by atoms with Crippen LogP contribution >= 0.6 is 34.2 Å². The molecular weight excluding hydrogens is 292 g/mol. The van der Waals surface area contributed by atoms with Gasteiger partial charge in [-0.3, -0.25) is 10.1 Å². The molecule has 0 atom stereocenters. The van der Waals surface area contributed by atoms with Gasteiger partial charge in [0.1, 0.15) is 5.02 Å². The van der Waals surface area contributed by atoms with Crippen molar-refractivity contribution in [2.24, 2.45) is 0 Å². The molecule has 0 aliphatic heterocycles. The highest BCUT2D eigenvalue weighted by Gasteiger charge is 2.13. The van der Waals surface area contributed by atoms with Gasteiger partial charge in [-0.05, 0) is 5.56 Å². The SMILES string of the molecule is O=[N+]([O-])c1cccc(CI)c1Cl. The van der Waals surface area contributed by atoms with Crippen LogP contribution in [0.1, 0.15) is 5.56 Å². The molecule has 1 aromatic rings. The summed E-state index contributed by atoms with van der Waals surface area (Å²) in [5.74, 6) is 0. The lowest BCUT2D eigenvalue weighted by Crippen LogP contribution is -1.91. The zero-order chi connectivity index (χ0) is 9.14. The molecule has 0 amide bonds. The fraction of sp³-hybridized carbons (Fsp3) is 0.143. The number of nitrogens with zero attached hydrogens (tertiary/aromatic N) is 1. The first-order valence-corrected chi connectivity index (χ1v) is 5.05. The summed E-state index contributed by atoms with van der Waals surface area (Å²) < 4.78 is 0.679. The molecule has 0 radical (unpaired) electrons. The van der Waals surface area contributed by atoms with Gasteiger partial charge in [-0.1, -0.05) is 46.3 Å². The fourth-order valence-electron chi connectivity index (χ4n) is 0.810. The van der Waals surface area contributed by atoms with Gasteiger partial charge in [0.2, 0.25) is 0 Å². The summed E-state index contributed by atoms with van der Waals surface area (Å²) in [5, 5.41) is 10.7. The first-order valence-electron chi connectivity index (χ1n) is 3.14. The predicted octanol–water partition coefficient (Wildman–Crippen LogP) is 3.18. The highest BCUT2D eigenvalue weighted by molar-refractivity contribution is 14.1. The summed E-state index contributed by atoms with van der Waals surface area (Å²) in [6.45, 7) is 0. The van der Waals surface area contributed by atoms with E-state index in [4.69, 9.17) is 11.6 Å². The van der Waals surface area contributed by atoms with Gasteiger partial charge >= 0.3 is 0 Å². The van der Waals surface area contributed by atoms with E-state index in [-0.39, 0.29) is 10.7 Å². The van der Waals surface area contributed by atoms with Crippen LogP contribution in [0, 0.1) is 10.1 Å². The molecule has 3 nitrogen and oxygen atoms in total. The van der Waals surface area contributed by atoms with Gasteiger partial charge in [0.05, 0.1) is 4.92 Å². The van der Waals surface area contributed by atoms with Crippen LogP contribution in [0.3, 0.4) is 0 Å². The van der Waals surface area contributed by atoms with Crippen LogP contribution in [0.4, 0.5) is 5.69 Å². The number of nitro benzene ring substituents is 1. The Morgan fingerprint density at radius 3 is 2.75 bits per heavy atom. The molecule has 0 bridgehead atoms. The highest BCUT2D eigenvalue weighted by atomic mass is 127. The first-order chi connectivity index (χ1) is 5.66. The van der Waals surface area contributed by atoms with E-state index in [0.29, 0.717) is 4.43 Å². The quantitative estimate of drug-likeness (QED) is 0.364. The molecule has 0 heterocycles. The molecule has 0 unspecified atom stereocenters.